The van der Waals surface area contributed by atoms with Gasteiger partial charge in [0.05, 0.1) is 16.8 Å². The summed E-state index contributed by atoms with van der Waals surface area (Å²) < 4.78 is 1.01. The molecule has 0 spiro atoms. The number of carbonyl (C=O) groups is 2. The molecule has 0 fully saturated rings. The minimum atomic E-state index is -1.28. The van der Waals surface area contributed by atoms with E-state index in [2.05, 4.69) is 10.2 Å². The topological polar surface area (TPSA) is 125 Å². The van der Waals surface area contributed by atoms with Crippen molar-refractivity contribution in [1.82, 2.24) is 14.8 Å². The first-order valence-electron chi connectivity index (χ1n) is 4.73. The molecule has 92 valence electrons. The number of carboxylic acids is 2. The van der Waals surface area contributed by atoms with Crippen LogP contribution in [0.4, 0.5) is 0 Å². The number of rotatable bonds is 3. The molecule has 8 nitrogen and oxygen atoms in total. The van der Waals surface area contributed by atoms with Crippen LogP contribution in [0.5, 0.6) is 0 Å². The zero-order valence-electron chi connectivity index (χ0n) is 8.82. The lowest BCUT2D eigenvalue weighted by Gasteiger charge is -2.04. The van der Waals surface area contributed by atoms with Gasteiger partial charge in [-0.3, -0.25) is 0 Å². The van der Waals surface area contributed by atoms with Crippen LogP contribution in [0.15, 0.2) is 29.3 Å². The van der Waals surface area contributed by atoms with Crippen molar-refractivity contribution in [2.75, 3.05) is 0 Å². The van der Waals surface area contributed by atoms with Crippen molar-refractivity contribution in [3.8, 4) is 5.69 Å². The van der Waals surface area contributed by atoms with Crippen molar-refractivity contribution in [3.63, 3.8) is 0 Å². The summed E-state index contributed by atoms with van der Waals surface area (Å²) in [6.07, 6.45) is 1.13. The second-order valence-corrected chi connectivity index (χ2v) is 3.41. The maximum Gasteiger partial charge on any atom is 0.347 e. The van der Waals surface area contributed by atoms with E-state index in [1.807, 2.05) is 0 Å². The number of aromatic nitrogens is 3. The van der Waals surface area contributed by atoms with Crippen LogP contribution in [0.25, 0.3) is 5.69 Å². The molecule has 0 amide bonds. The highest BCUT2D eigenvalue weighted by Crippen LogP contribution is 2.13. The molecule has 0 unspecified atom stereocenters. The second kappa shape index (κ2) is 4.17. The summed E-state index contributed by atoms with van der Waals surface area (Å²) in [5.74, 6) is -2.56. The Hall–Kier alpha value is -2.90. The molecule has 0 radical (unpaired) electrons. The number of benzene rings is 1. The van der Waals surface area contributed by atoms with E-state index in [1.54, 1.807) is 0 Å². The van der Waals surface area contributed by atoms with Gasteiger partial charge in [0.15, 0.2) is 0 Å². The highest BCUT2D eigenvalue weighted by Gasteiger charge is 2.13. The first-order valence-corrected chi connectivity index (χ1v) is 4.73. The van der Waals surface area contributed by atoms with Gasteiger partial charge in [0, 0.05) is 0 Å². The number of carboxylic acid groups (broad SMARTS) is 2. The van der Waals surface area contributed by atoms with Crippen molar-refractivity contribution in [2.24, 2.45) is 0 Å². The molecule has 1 aromatic heterocycles. The molecular weight excluding hydrogens is 242 g/mol. The van der Waals surface area contributed by atoms with Gasteiger partial charge in [-0.05, 0) is 18.2 Å². The zero-order chi connectivity index (χ0) is 13.3. The summed E-state index contributed by atoms with van der Waals surface area (Å²) in [5, 5.41) is 23.4. The predicted molar refractivity (Wildman–Crippen MR) is 58.1 cm³/mol. The van der Waals surface area contributed by atoms with Gasteiger partial charge in [0.1, 0.15) is 6.33 Å². The third-order valence-corrected chi connectivity index (χ3v) is 2.24. The van der Waals surface area contributed by atoms with E-state index in [0.717, 1.165) is 17.0 Å². The largest absolute Gasteiger partial charge is 0.478 e. The number of aromatic carboxylic acids is 2. The average Bonchev–Trinajstić information content (AvgIpc) is 2.74. The summed E-state index contributed by atoms with van der Waals surface area (Å²) in [6, 6.07) is 3.39. The summed E-state index contributed by atoms with van der Waals surface area (Å²) >= 11 is 0. The minimum absolute atomic E-state index is 0.117. The third kappa shape index (κ3) is 1.98. The van der Waals surface area contributed by atoms with Gasteiger partial charge in [-0.1, -0.05) is 0 Å². The van der Waals surface area contributed by atoms with Gasteiger partial charge in [0.2, 0.25) is 0 Å². The Morgan fingerprint density at radius 2 is 1.67 bits per heavy atom. The van der Waals surface area contributed by atoms with Gasteiger partial charge in [-0.15, -0.1) is 0 Å². The lowest BCUT2D eigenvalue weighted by molar-refractivity contribution is 0.0696. The summed E-state index contributed by atoms with van der Waals surface area (Å²) in [7, 11) is 0. The van der Waals surface area contributed by atoms with Gasteiger partial charge in [0.25, 0.3) is 0 Å². The molecule has 3 N–H and O–H groups in total. The fourth-order valence-electron chi connectivity index (χ4n) is 1.43. The van der Waals surface area contributed by atoms with E-state index in [-0.39, 0.29) is 16.8 Å². The molecule has 0 saturated heterocycles. The normalized spacial score (nSPS) is 10.2. The first-order chi connectivity index (χ1) is 8.49. The number of nitrogens with zero attached hydrogens (tertiary/aromatic N) is 2. The number of H-pyrrole nitrogens is 1. The van der Waals surface area contributed by atoms with E-state index in [0.29, 0.717) is 0 Å². The van der Waals surface area contributed by atoms with Gasteiger partial charge >= 0.3 is 17.6 Å². The Kier molecular flexibility index (Phi) is 2.68. The standard InChI is InChI=1S/C10H7N3O5/c14-8(15)5-1-6(9(16)17)3-7(2-5)13-4-11-12-10(13)18/h1-4H,(H,12,18)(H,14,15)(H,16,17). The lowest BCUT2D eigenvalue weighted by atomic mass is 10.1. The number of hydrogen-bond donors (Lipinski definition) is 3. The van der Waals surface area contributed by atoms with E-state index < -0.39 is 17.6 Å². The van der Waals surface area contributed by atoms with Crippen LogP contribution in [0.2, 0.25) is 0 Å². The smallest absolute Gasteiger partial charge is 0.347 e. The van der Waals surface area contributed by atoms with E-state index in [4.69, 9.17) is 10.2 Å². The fraction of sp³-hybridized carbons (Fsp3) is 0. The van der Waals surface area contributed by atoms with Crippen LogP contribution in [0.3, 0.4) is 0 Å². The first kappa shape index (κ1) is 11.6. The number of aromatic amines is 1. The van der Waals surface area contributed by atoms with Crippen molar-refractivity contribution >= 4 is 11.9 Å². The summed E-state index contributed by atoms with van der Waals surface area (Å²) in [6.45, 7) is 0. The van der Waals surface area contributed by atoms with Gasteiger partial charge in [-0.2, -0.15) is 5.10 Å². The minimum Gasteiger partial charge on any atom is -0.478 e. The van der Waals surface area contributed by atoms with Crippen LogP contribution < -0.4 is 5.69 Å². The lowest BCUT2D eigenvalue weighted by Crippen LogP contribution is -2.15. The zero-order valence-corrected chi connectivity index (χ0v) is 8.82. The van der Waals surface area contributed by atoms with E-state index in [9.17, 15) is 14.4 Å². The quantitative estimate of drug-likeness (QED) is 0.700. The Morgan fingerprint density at radius 1 is 1.11 bits per heavy atom. The Labute approximate surface area is 99.1 Å². The van der Waals surface area contributed by atoms with Gasteiger partial charge in [-0.25, -0.2) is 24.0 Å². The summed E-state index contributed by atoms with van der Waals surface area (Å²) in [4.78, 5) is 33.1. The van der Waals surface area contributed by atoms with Crippen molar-refractivity contribution < 1.29 is 19.8 Å². The third-order valence-electron chi connectivity index (χ3n) is 2.24. The predicted octanol–water partition coefficient (Wildman–Crippen LogP) is -0.0430. The molecule has 0 aliphatic carbocycles. The maximum atomic E-state index is 11.3. The Morgan fingerprint density at radius 3 is 2.06 bits per heavy atom. The van der Waals surface area contributed by atoms with Crippen LogP contribution in [0.1, 0.15) is 20.7 Å². The summed E-state index contributed by atoms with van der Waals surface area (Å²) in [5.41, 5.74) is -0.920. The molecule has 2 aromatic rings. The van der Waals surface area contributed by atoms with Crippen LogP contribution in [-0.2, 0) is 0 Å². The Balaban J connectivity index is 2.68. The molecule has 0 aliphatic heterocycles. The van der Waals surface area contributed by atoms with Crippen LogP contribution in [-0.4, -0.2) is 36.9 Å². The van der Waals surface area contributed by atoms with Gasteiger partial charge < -0.3 is 10.2 Å². The molecule has 18 heavy (non-hydrogen) atoms. The van der Waals surface area contributed by atoms with E-state index >= 15 is 0 Å². The van der Waals surface area contributed by atoms with Crippen molar-refractivity contribution in [3.05, 3.63) is 46.1 Å². The van der Waals surface area contributed by atoms with Crippen molar-refractivity contribution in [2.45, 2.75) is 0 Å². The monoisotopic (exact) mass is 249 g/mol. The van der Waals surface area contributed by atoms with Crippen LogP contribution >= 0.6 is 0 Å². The highest BCUT2D eigenvalue weighted by atomic mass is 16.4. The molecular formula is C10H7N3O5. The Bertz CT molecular complexity index is 653. The molecule has 2 rings (SSSR count). The molecule has 0 aliphatic rings. The molecule has 0 bridgehead atoms. The van der Waals surface area contributed by atoms with E-state index in [1.165, 1.54) is 12.1 Å². The fourth-order valence-corrected chi connectivity index (χ4v) is 1.43. The van der Waals surface area contributed by atoms with Crippen LogP contribution in [0, 0.1) is 0 Å². The molecule has 1 heterocycles. The number of hydrogen-bond acceptors (Lipinski definition) is 4. The molecule has 0 saturated carbocycles. The molecule has 0 atom stereocenters. The SMILES string of the molecule is O=C(O)c1cc(C(=O)O)cc(-n2cn[nH]c2=O)c1. The second-order valence-electron chi connectivity index (χ2n) is 3.41. The highest BCUT2D eigenvalue weighted by molar-refractivity contribution is 5.94. The maximum absolute atomic E-state index is 11.3. The van der Waals surface area contributed by atoms with Crippen molar-refractivity contribution in [1.29, 1.82) is 0 Å². The number of nitrogens with one attached hydrogen (secondary N) is 1. The average molecular weight is 249 g/mol. The molecule has 1 aromatic carbocycles. The molecule has 8 heteroatoms.